The molecule has 0 amide bonds. The van der Waals surface area contributed by atoms with Crippen LogP contribution in [0.4, 0.5) is 0 Å². The van der Waals surface area contributed by atoms with Crippen molar-refractivity contribution in [2.24, 2.45) is 4.99 Å². The predicted octanol–water partition coefficient (Wildman–Crippen LogP) is -0.234. The van der Waals surface area contributed by atoms with Crippen LogP contribution in [0, 0.1) is 0 Å². The summed E-state index contributed by atoms with van der Waals surface area (Å²) < 4.78 is 10.3. The average Bonchev–Trinajstić information content (AvgIpc) is 2.39. The SMILES string of the molecule is CCOCCNC(=NC)NCCN(C)CCOC. The van der Waals surface area contributed by atoms with E-state index in [9.17, 15) is 0 Å². The third-order valence-electron chi connectivity index (χ3n) is 2.43. The van der Waals surface area contributed by atoms with E-state index in [-0.39, 0.29) is 0 Å². The standard InChI is InChI=1S/C12H28N4O2/c1-5-18-10-7-15-12(13-2)14-6-8-16(3)9-11-17-4/h5-11H2,1-4H3,(H2,13,14,15). The van der Waals surface area contributed by atoms with E-state index in [1.165, 1.54) is 0 Å². The first-order valence-corrected chi connectivity index (χ1v) is 6.44. The molecule has 0 saturated carbocycles. The third kappa shape index (κ3) is 10.3. The van der Waals surface area contributed by atoms with Crippen LogP contribution < -0.4 is 10.6 Å². The Kier molecular flexibility index (Phi) is 12.0. The number of aliphatic imine (C=N–C) groups is 1. The first kappa shape index (κ1) is 17.2. The van der Waals surface area contributed by atoms with E-state index in [1.807, 2.05) is 6.92 Å². The Morgan fingerprint density at radius 3 is 2.50 bits per heavy atom. The minimum absolute atomic E-state index is 0.699. The van der Waals surface area contributed by atoms with Gasteiger partial charge in [0.05, 0.1) is 13.2 Å². The Hall–Kier alpha value is -0.850. The van der Waals surface area contributed by atoms with Crippen LogP contribution in [0.5, 0.6) is 0 Å². The molecule has 0 unspecified atom stereocenters. The van der Waals surface area contributed by atoms with Gasteiger partial charge in [-0.25, -0.2) is 0 Å². The molecule has 0 atom stereocenters. The van der Waals surface area contributed by atoms with E-state index in [2.05, 4.69) is 27.6 Å². The van der Waals surface area contributed by atoms with E-state index in [1.54, 1.807) is 14.2 Å². The zero-order valence-electron chi connectivity index (χ0n) is 12.2. The van der Waals surface area contributed by atoms with Crippen molar-refractivity contribution in [3.05, 3.63) is 0 Å². The number of nitrogens with zero attached hydrogens (tertiary/aromatic N) is 2. The van der Waals surface area contributed by atoms with E-state index >= 15 is 0 Å². The molecule has 0 aromatic rings. The minimum atomic E-state index is 0.699. The molecule has 0 rings (SSSR count). The highest BCUT2D eigenvalue weighted by Crippen LogP contribution is 1.81. The molecule has 0 aromatic carbocycles. The highest BCUT2D eigenvalue weighted by Gasteiger charge is 1.99. The molecule has 0 heterocycles. The second-order valence-corrected chi connectivity index (χ2v) is 3.92. The van der Waals surface area contributed by atoms with Gasteiger partial charge < -0.3 is 25.0 Å². The van der Waals surface area contributed by atoms with Gasteiger partial charge in [-0.05, 0) is 14.0 Å². The summed E-state index contributed by atoms with van der Waals surface area (Å²) in [5, 5.41) is 6.45. The normalized spacial score (nSPS) is 11.9. The van der Waals surface area contributed by atoms with Crippen LogP contribution in [0.25, 0.3) is 0 Å². The molecule has 0 aromatic heterocycles. The first-order chi connectivity index (χ1) is 8.74. The van der Waals surface area contributed by atoms with Gasteiger partial charge in [-0.3, -0.25) is 4.99 Å². The summed E-state index contributed by atoms with van der Waals surface area (Å²) in [4.78, 5) is 6.35. The lowest BCUT2D eigenvalue weighted by molar-refractivity contribution is 0.152. The van der Waals surface area contributed by atoms with Gasteiger partial charge in [0.25, 0.3) is 0 Å². The van der Waals surface area contributed by atoms with Crippen molar-refractivity contribution in [1.29, 1.82) is 0 Å². The Bertz CT molecular complexity index is 212. The third-order valence-corrected chi connectivity index (χ3v) is 2.43. The highest BCUT2D eigenvalue weighted by atomic mass is 16.5. The van der Waals surface area contributed by atoms with Crippen LogP contribution in [0.3, 0.4) is 0 Å². The van der Waals surface area contributed by atoms with Gasteiger partial charge in [-0.2, -0.15) is 0 Å². The number of guanidine groups is 1. The summed E-state index contributed by atoms with van der Waals surface area (Å²) in [6.07, 6.45) is 0. The number of ether oxygens (including phenoxy) is 2. The molecule has 0 spiro atoms. The molecule has 0 bridgehead atoms. The van der Waals surface area contributed by atoms with Crippen molar-refractivity contribution in [1.82, 2.24) is 15.5 Å². The Labute approximate surface area is 111 Å². The molecule has 0 saturated heterocycles. The van der Waals surface area contributed by atoms with Gasteiger partial charge in [0.2, 0.25) is 0 Å². The van der Waals surface area contributed by atoms with Gasteiger partial charge in [-0.15, -0.1) is 0 Å². The van der Waals surface area contributed by atoms with Crippen molar-refractivity contribution in [3.8, 4) is 0 Å². The molecule has 0 aliphatic carbocycles. The van der Waals surface area contributed by atoms with Gasteiger partial charge in [0, 0.05) is 46.9 Å². The van der Waals surface area contributed by atoms with Crippen LogP contribution in [0.2, 0.25) is 0 Å². The lowest BCUT2D eigenvalue weighted by Crippen LogP contribution is -2.42. The maximum Gasteiger partial charge on any atom is 0.191 e. The average molecular weight is 260 g/mol. The largest absolute Gasteiger partial charge is 0.383 e. The molecule has 0 aliphatic rings. The lowest BCUT2D eigenvalue weighted by Gasteiger charge is -2.17. The Morgan fingerprint density at radius 1 is 1.17 bits per heavy atom. The van der Waals surface area contributed by atoms with Crippen LogP contribution in [-0.4, -0.2) is 78.1 Å². The Balaban J connectivity index is 3.55. The molecule has 0 aliphatic heterocycles. The van der Waals surface area contributed by atoms with Gasteiger partial charge in [-0.1, -0.05) is 0 Å². The molecular formula is C12H28N4O2. The summed E-state index contributed by atoms with van der Waals surface area (Å²) in [5.41, 5.74) is 0. The van der Waals surface area contributed by atoms with E-state index in [0.29, 0.717) is 6.61 Å². The fourth-order valence-electron chi connectivity index (χ4n) is 1.33. The van der Waals surface area contributed by atoms with Crippen LogP contribution in [-0.2, 0) is 9.47 Å². The van der Waals surface area contributed by atoms with Gasteiger partial charge in [0.15, 0.2) is 5.96 Å². The van der Waals surface area contributed by atoms with Gasteiger partial charge >= 0.3 is 0 Å². The zero-order chi connectivity index (χ0) is 13.6. The lowest BCUT2D eigenvalue weighted by atomic mass is 10.5. The maximum absolute atomic E-state index is 5.25. The summed E-state index contributed by atoms with van der Waals surface area (Å²) in [6.45, 7) is 7.72. The number of methoxy groups -OCH3 is 1. The number of nitrogens with one attached hydrogen (secondary N) is 2. The molecule has 0 fully saturated rings. The monoisotopic (exact) mass is 260 g/mol. The predicted molar refractivity (Wildman–Crippen MR) is 75.2 cm³/mol. The van der Waals surface area contributed by atoms with Crippen molar-refractivity contribution >= 4 is 5.96 Å². The molecular weight excluding hydrogens is 232 g/mol. The van der Waals surface area contributed by atoms with E-state index < -0.39 is 0 Å². The zero-order valence-corrected chi connectivity index (χ0v) is 12.2. The van der Waals surface area contributed by atoms with Crippen LogP contribution in [0.15, 0.2) is 4.99 Å². The molecule has 0 radical (unpaired) electrons. The first-order valence-electron chi connectivity index (χ1n) is 6.44. The molecule has 6 nitrogen and oxygen atoms in total. The van der Waals surface area contributed by atoms with Crippen LogP contribution >= 0.6 is 0 Å². The number of hydrogen-bond acceptors (Lipinski definition) is 4. The fourth-order valence-corrected chi connectivity index (χ4v) is 1.33. The quantitative estimate of drug-likeness (QED) is 0.323. The van der Waals surface area contributed by atoms with Crippen LogP contribution in [0.1, 0.15) is 6.92 Å². The highest BCUT2D eigenvalue weighted by molar-refractivity contribution is 5.79. The summed E-state index contributed by atoms with van der Waals surface area (Å²) in [6, 6.07) is 0. The second kappa shape index (κ2) is 12.6. The van der Waals surface area contributed by atoms with Crippen molar-refractivity contribution in [2.75, 3.05) is 67.2 Å². The summed E-state index contributed by atoms with van der Waals surface area (Å²) in [7, 11) is 5.56. The van der Waals surface area contributed by atoms with Crippen molar-refractivity contribution in [2.45, 2.75) is 6.92 Å². The second-order valence-electron chi connectivity index (χ2n) is 3.92. The van der Waals surface area contributed by atoms with E-state index in [4.69, 9.17) is 9.47 Å². The molecule has 18 heavy (non-hydrogen) atoms. The van der Waals surface area contributed by atoms with E-state index in [0.717, 1.165) is 45.4 Å². The maximum atomic E-state index is 5.25. The molecule has 108 valence electrons. The van der Waals surface area contributed by atoms with Crippen molar-refractivity contribution in [3.63, 3.8) is 0 Å². The Morgan fingerprint density at radius 2 is 1.89 bits per heavy atom. The number of likely N-dealkylation sites (N-methyl/N-ethyl adjacent to an activating group) is 1. The smallest absolute Gasteiger partial charge is 0.191 e. The summed E-state index contributed by atoms with van der Waals surface area (Å²) in [5.74, 6) is 0.815. The molecule has 6 heteroatoms. The summed E-state index contributed by atoms with van der Waals surface area (Å²) >= 11 is 0. The number of hydrogen-bond donors (Lipinski definition) is 2. The minimum Gasteiger partial charge on any atom is -0.383 e. The topological polar surface area (TPSA) is 58.1 Å². The number of rotatable bonds is 10. The van der Waals surface area contributed by atoms with Crippen molar-refractivity contribution < 1.29 is 9.47 Å². The fraction of sp³-hybridized carbons (Fsp3) is 0.917. The molecule has 2 N–H and O–H groups in total. The van der Waals surface area contributed by atoms with Gasteiger partial charge in [0.1, 0.15) is 0 Å².